The van der Waals surface area contributed by atoms with Crippen molar-refractivity contribution in [3.8, 4) is 0 Å². The molecule has 3 rings (SSSR count). The van der Waals surface area contributed by atoms with Crippen molar-refractivity contribution >= 4 is 45.1 Å². The number of fused-ring (bicyclic) bond motifs is 1. The van der Waals surface area contributed by atoms with E-state index in [2.05, 4.69) is 0 Å². The molecule has 2 aromatic rings. The van der Waals surface area contributed by atoms with Gasteiger partial charge in [0.05, 0.1) is 11.1 Å². The van der Waals surface area contributed by atoms with Gasteiger partial charge >= 0.3 is 0 Å². The Hall–Kier alpha value is -1.43. The molecule has 0 fully saturated rings. The van der Waals surface area contributed by atoms with Gasteiger partial charge in [0.2, 0.25) is 0 Å². The Labute approximate surface area is 139 Å². The number of halogens is 1. The molecule has 0 amide bonds. The monoisotopic (exact) mass is 351 g/mol. The molecule has 0 atom stereocenters. The first-order valence-electron chi connectivity index (χ1n) is 6.74. The standard InChI is InChI=1S/C16H14ClNO2S2/c17-14-6-7-16-15(12-14)18(9-10-21-16)22(19,20)11-8-13-4-2-1-3-5-13/h1-8,11-12H,9-10H2/b11-8+. The molecule has 6 heteroatoms. The summed E-state index contributed by atoms with van der Waals surface area (Å²) >= 11 is 7.66. The van der Waals surface area contributed by atoms with E-state index in [1.54, 1.807) is 30.0 Å². The Morgan fingerprint density at radius 2 is 1.91 bits per heavy atom. The zero-order chi connectivity index (χ0) is 15.6. The molecule has 22 heavy (non-hydrogen) atoms. The van der Waals surface area contributed by atoms with Crippen LogP contribution in [0.15, 0.2) is 58.8 Å². The number of hydrogen-bond acceptors (Lipinski definition) is 3. The Bertz CT molecular complexity index is 804. The SMILES string of the molecule is O=S(=O)(/C=C/c1ccccc1)N1CCSc2ccc(Cl)cc21. The van der Waals surface area contributed by atoms with Crippen LogP contribution >= 0.6 is 23.4 Å². The second-order valence-corrected chi connectivity index (χ2v) is 8.11. The Morgan fingerprint density at radius 3 is 2.68 bits per heavy atom. The van der Waals surface area contributed by atoms with E-state index in [1.165, 1.54) is 9.71 Å². The molecule has 0 aromatic heterocycles. The Balaban J connectivity index is 1.94. The van der Waals surface area contributed by atoms with Crippen molar-refractivity contribution in [2.24, 2.45) is 0 Å². The predicted molar refractivity (Wildman–Crippen MR) is 93.9 cm³/mol. The van der Waals surface area contributed by atoms with Gasteiger partial charge in [-0.25, -0.2) is 8.42 Å². The fourth-order valence-electron chi connectivity index (χ4n) is 2.23. The molecule has 114 valence electrons. The third kappa shape index (κ3) is 3.32. The zero-order valence-corrected chi connectivity index (χ0v) is 14.0. The lowest BCUT2D eigenvalue weighted by molar-refractivity contribution is 0.600. The van der Waals surface area contributed by atoms with Crippen molar-refractivity contribution in [1.29, 1.82) is 0 Å². The largest absolute Gasteiger partial charge is 0.265 e. The highest BCUT2D eigenvalue weighted by molar-refractivity contribution is 8.00. The maximum Gasteiger partial charge on any atom is 0.257 e. The van der Waals surface area contributed by atoms with Gasteiger partial charge in [0.1, 0.15) is 0 Å². The molecule has 0 saturated carbocycles. The van der Waals surface area contributed by atoms with Gasteiger partial charge in [0.15, 0.2) is 0 Å². The van der Waals surface area contributed by atoms with E-state index in [-0.39, 0.29) is 0 Å². The number of hydrogen-bond donors (Lipinski definition) is 0. The first-order valence-corrected chi connectivity index (χ1v) is 9.61. The molecule has 0 aliphatic carbocycles. The summed E-state index contributed by atoms with van der Waals surface area (Å²) in [6, 6.07) is 14.7. The van der Waals surface area contributed by atoms with Crippen molar-refractivity contribution in [2.75, 3.05) is 16.6 Å². The number of nitrogens with zero attached hydrogens (tertiary/aromatic N) is 1. The first kappa shape index (κ1) is 15.5. The lowest BCUT2D eigenvalue weighted by Gasteiger charge is -2.29. The van der Waals surface area contributed by atoms with E-state index in [9.17, 15) is 8.42 Å². The van der Waals surface area contributed by atoms with Gasteiger partial charge in [-0.2, -0.15) is 0 Å². The Morgan fingerprint density at radius 1 is 1.14 bits per heavy atom. The molecule has 1 aliphatic heterocycles. The molecule has 1 heterocycles. The number of rotatable bonds is 3. The molecule has 2 aromatic carbocycles. The summed E-state index contributed by atoms with van der Waals surface area (Å²) in [4.78, 5) is 0.937. The maximum absolute atomic E-state index is 12.6. The average Bonchev–Trinajstić information content (AvgIpc) is 2.53. The minimum absolute atomic E-state index is 0.444. The van der Waals surface area contributed by atoms with Crippen LogP contribution in [-0.4, -0.2) is 20.7 Å². The normalized spacial score (nSPS) is 15.0. The number of sulfonamides is 1. The van der Waals surface area contributed by atoms with E-state index in [0.717, 1.165) is 16.2 Å². The average molecular weight is 352 g/mol. The lowest BCUT2D eigenvalue weighted by atomic mass is 10.2. The molecule has 0 bridgehead atoms. The summed E-state index contributed by atoms with van der Waals surface area (Å²) in [5.74, 6) is 0.729. The second-order valence-electron chi connectivity index (χ2n) is 4.79. The number of thioether (sulfide) groups is 1. The van der Waals surface area contributed by atoms with Crippen LogP contribution in [0.1, 0.15) is 5.56 Å². The van der Waals surface area contributed by atoms with Gasteiger partial charge in [-0.1, -0.05) is 41.9 Å². The smallest absolute Gasteiger partial charge is 0.257 e. The van der Waals surface area contributed by atoms with E-state index in [0.29, 0.717) is 17.3 Å². The van der Waals surface area contributed by atoms with Gasteiger partial charge in [-0.05, 0) is 29.8 Å². The zero-order valence-electron chi connectivity index (χ0n) is 11.6. The summed E-state index contributed by atoms with van der Waals surface area (Å²) in [6.45, 7) is 0.444. The van der Waals surface area contributed by atoms with Crippen molar-refractivity contribution in [1.82, 2.24) is 0 Å². The molecule has 0 radical (unpaired) electrons. The molecule has 0 saturated heterocycles. The van der Waals surface area contributed by atoms with Crippen LogP contribution in [0.5, 0.6) is 0 Å². The van der Waals surface area contributed by atoms with E-state index < -0.39 is 10.0 Å². The van der Waals surface area contributed by atoms with Gasteiger partial charge in [-0.3, -0.25) is 4.31 Å². The number of anilines is 1. The molecule has 3 nitrogen and oxygen atoms in total. The van der Waals surface area contributed by atoms with Crippen LogP contribution in [-0.2, 0) is 10.0 Å². The summed E-state index contributed by atoms with van der Waals surface area (Å²) in [6.07, 6.45) is 1.61. The highest BCUT2D eigenvalue weighted by atomic mass is 35.5. The molecule has 0 spiro atoms. The summed E-state index contributed by atoms with van der Waals surface area (Å²) < 4.78 is 26.7. The van der Waals surface area contributed by atoms with Gasteiger partial charge in [0.25, 0.3) is 10.0 Å². The third-order valence-electron chi connectivity index (χ3n) is 3.28. The Kier molecular flexibility index (Phi) is 4.47. The van der Waals surface area contributed by atoms with Crippen LogP contribution in [0, 0.1) is 0 Å². The fraction of sp³-hybridized carbons (Fsp3) is 0.125. The van der Waals surface area contributed by atoms with Gasteiger partial charge in [-0.15, -0.1) is 11.8 Å². The molecular weight excluding hydrogens is 338 g/mol. The van der Waals surface area contributed by atoms with E-state index >= 15 is 0 Å². The maximum atomic E-state index is 12.6. The lowest BCUT2D eigenvalue weighted by Crippen LogP contribution is -2.33. The summed E-state index contributed by atoms with van der Waals surface area (Å²) in [5.41, 5.74) is 1.50. The minimum Gasteiger partial charge on any atom is -0.265 e. The second kappa shape index (κ2) is 6.36. The highest BCUT2D eigenvalue weighted by Gasteiger charge is 2.26. The van der Waals surface area contributed by atoms with E-state index in [1.807, 2.05) is 36.4 Å². The third-order valence-corrected chi connectivity index (χ3v) is 6.03. The van der Waals surface area contributed by atoms with Crippen LogP contribution in [0.3, 0.4) is 0 Å². The van der Waals surface area contributed by atoms with Gasteiger partial charge in [0, 0.05) is 22.2 Å². The predicted octanol–water partition coefficient (Wildman–Crippen LogP) is 4.25. The van der Waals surface area contributed by atoms with Gasteiger partial charge < -0.3 is 0 Å². The molecular formula is C16H14ClNO2S2. The molecule has 0 N–H and O–H groups in total. The van der Waals surface area contributed by atoms with Crippen LogP contribution < -0.4 is 4.31 Å². The summed E-state index contributed by atoms with van der Waals surface area (Å²) in [7, 11) is -3.53. The summed E-state index contributed by atoms with van der Waals surface area (Å²) in [5, 5.41) is 1.79. The van der Waals surface area contributed by atoms with Crippen molar-refractivity contribution in [3.63, 3.8) is 0 Å². The topological polar surface area (TPSA) is 37.4 Å². The van der Waals surface area contributed by atoms with Crippen molar-refractivity contribution < 1.29 is 8.42 Å². The first-order chi connectivity index (χ1) is 10.6. The highest BCUT2D eigenvalue weighted by Crippen LogP contribution is 2.38. The quantitative estimate of drug-likeness (QED) is 0.829. The molecule has 1 aliphatic rings. The van der Waals surface area contributed by atoms with E-state index in [4.69, 9.17) is 11.6 Å². The van der Waals surface area contributed by atoms with Crippen LogP contribution in [0.25, 0.3) is 6.08 Å². The fourth-order valence-corrected chi connectivity index (χ4v) is 4.79. The van der Waals surface area contributed by atoms with Crippen molar-refractivity contribution in [2.45, 2.75) is 4.90 Å². The minimum atomic E-state index is -3.53. The van der Waals surface area contributed by atoms with Crippen LogP contribution in [0.2, 0.25) is 5.02 Å². The van der Waals surface area contributed by atoms with Crippen LogP contribution in [0.4, 0.5) is 5.69 Å². The molecule has 0 unspecified atom stereocenters. The van der Waals surface area contributed by atoms with Crippen molar-refractivity contribution in [3.05, 3.63) is 64.5 Å². The number of benzene rings is 2.